The first-order valence-corrected chi connectivity index (χ1v) is 7.14. The van der Waals surface area contributed by atoms with E-state index in [4.69, 9.17) is 4.74 Å². The fourth-order valence-electron chi connectivity index (χ4n) is 2.19. The molecule has 2 rings (SSSR count). The van der Waals surface area contributed by atoms with E-state index in [9.17, 15) is 4.79 Å². The molecule has 0 atom stereocenters. The highest BCUT2D eigenvalue weighted by Crippen LogP contribution is 2.20. The molecule has 0 unspecified atom stereocenters. The number of aromatic amines is 1. The first-order chi connectivity index (χ1) is 10.1. The number of hydrogen-bond acceptors (Lipinski definition) is 3. The standard InChI is InChI=1S/C16H21N3O2/c1-4-21-14-8-6-5-7-13(14)9-10-15(20)17-16-11(2)18-19-12(16)3/h5-8H,4,9-10H2,1-3H3,(H,17,20)(H,18,19). The molecule has 0 radical (unpaired) electrons. The Hall–Kier alpha value is -2.30. The van der Waals surface area contributed by atoms with Crippen LogP contribution in [0.3, 0.4) is 0 Å². The van der Waals surface area contributed by atoms with Gasteiger partial charge in [-0.1, -0.05) is 18.2 Å². The summed E-state index contributed by atoms with van der Waals surface area (Å²) in [5.41, 5.74) is 3.50. The van der Waals surface area contributed by atoms with E-state index in [1.165, 1.54) is 0 Å². The Morgan fingerprint density at radius 1 is 1.33 bits per heavy atom. The molecular weight excluding hydrogens is 266 g/mol. The number of para-hydroxylation sites is 1. The van der Waals surface area contributed by atoms with Gasteiger partial charge >= 0.3 is 0 Å². The molecule has 1 heterocycles. The molecule has 2 aromatic rings. The molecule has 0 saturated carbocycles. The Labute approximate surface area is 124 Å². The molecule has 5 heteroatoms. The van der Waals surface area contributed by atoms with E-state index in [0.29, 0.717) is 19.4 Å². The van der Waals surface area contributed by atoms with Crippen LogP contribution >= 0.6 is 0 Å². The quantitative estimate of drug-likeness (QED) is 0.858. The predicted molar refractivity (Wildman–Crippen MR) is 82.6 cm³/mol. The van der Waals surface area contributed by atoms with Crippen LogP contribution in [-0.2, 0) is 11.2 Å². The van der Waals surface area contributed by atoms with Gasteiger partial charge < -0.3 is 10.1 Å². The Balaban J connectivity index is 1.96. The van der Waals surface area contributed by atoms with Crippen molar-refractivity contribution in [3.8, 4) is 5.75 Å². The van der Waals surface area contributed by atoms with Crippen LogP contribution in [-0.4, -0.2) is 22.7 Å². The van der Waals surface area contributed by atoms with Gasteiger partial charge in [-0.15, -0.1) is 0 Å². The van der Waals surface area contributed by atoms with Crippen LogP contribution in [0.25, 0.3) is 0 Å². The number of hydrogen-bond donors (Lipinski definition) is 2. The first-order valence-electron chi connectivity index (χ1n) is 7.14. The Kier molecular flexibility index (Phi) is 4.98. The number of carbonyl (C=O) groups excluding carboxylic acids is 1. The molecule has 0 fully saturated rings. The Morgan fingerprint density at radius 3 is 2.76 bits per heavy atom. The fraction of sp³-hybridized carbons (Fsp3) is 0.375. The van der Waals surface area contributed by atoms with E-state index in [-0.39, 0.29) is 5.91 Å². The lowest BCUT2D eigenvalue weighted by atomic mass is 10.1. The van der Waals surface area contributed by atoms with E-state index in [0.717, 1.165) is 28.4 Å². The molecule has 0 bridgehead atoms. The SMILES string of the molecule is CCOc1ccccc1CCC(=O)Nc1c(C)n[nH]c1C. The maximum Gasteiger partial charge on any atom is 0.224 e. The average molecular weight is 287 g/mol. The molecular formula is C16H21N3O2. The summed E-state index contributed by atoms with van der Waals surface area (Å²) in [4.78, 5) is 12.1. The molecule has 1 aromatic carbocycles. The lowest BCUT2D eigenvalue weighted by molar-refractivity contribution is -0.116. The summed E-state index contributed by atoms with van der Waals surface area (Å²) in [5.74, 6) is 0.831. The molecule has 21 heavy (non-hydrogen) atoms. The monoisotopic (exact) mass is 287 g/mol. The van der Waals surface area contributed by atoms with Crippen LogP contribution in [0.15, 0.2) is 24.3 Å². The largest absolute Gasteiger partial charge is 0.494 e. The van der Waals surface area contributed by atoms with Crippen LogP contribution in [0.2, 0.25) is 0 Å². The zero-order valence-corrected chi connectivity index (χ0v) is 12.7. The number of ether oxygens (including phenoxy) is 1. The van der Waals surface area contributed by atoms with Gasteiger partial charge in [0.2, 0.25) is 5.91 Å². The predicted octanol–water partition coefficient (Wildman–Crippen LogP) is 3.00. The Morgan fingerprint density at radius 2 is 2.10 bits per heavy atom. The molecule has 0 aliphatic carbocycles. The van der Waals surface area contributed by atoms with Gasteiger partial charge in [-0.2, -0.15) is 5.10 Å². The van der Waals surface area contributed by atoms with Crippen LogP contribution in [0.4, 0.5) is 5.69 Å². The molecule has 112 valence electrons. The molecule has 2 N–H and O–H groups in total. The van der Waals surface area contributed by atoms with Crippen molar-refractivity contribution in [1.29, 1.82) is 0 Å². The Bertz CT molecular complexity index is 600. The number of anilines is 1. The van der Waals surface area contributed by atoms with Crippen molar-refractivity contribution in [3.63, 3.8) is 0 Å². The van der Waals surface area contributed by atoms with Gasteiger partial charge in [0, 0.05) is 6.42 Å². The zero-order valence-electron chi connectivity index (χ0n) is 12.7. The van der Waals surface area contributed by atoms with Gasteiger partial charge in [-0.3, -0.25) is 9.89 Å². The van der Waals surface area contributed by atoms with Crippen LogP contribution in [0.1, 0.15) is 30.3 Å². The van der Waals surface area contributed by atoms with Crippen molar-refractivity contribution < 1.29 is 9.53 Å². The van der Waals surface area contributed by atoms with Gasteiger partial charge in [0.1, 0.15) is 5.75 Å². The molecule has 0 aliphatic heterocycles. The topological polar surface area (TPSA) is 67.0 Å². The molecule has 0 spiro atoms. The highest BCUT2D eigenvalue weighted by atomic mass is 16.5. The van der Waals surface area contributed by atoms with Crippen LogP contribution < -0.4 is 10.1 Å². The number of aromatic nitrogens is 2. The van der Waals surface area contributed by atoms with Crippen molar-refractivity contribution in [2.45, 2.75) is 33.6 Å². The second kappa shape index (κ2) is 6.92. The van der Waals surface area contributed by atoms with Gasteiger partial charge in [-0.25, -0.2) is 0 Å². The number of H-pyrrole nitrogens is 1. The third-order valence-electron chi connectivity index (χ3n) is 3.29. The maximum absolute atomic E-state index is 12.1. The molecule has 1 amide bonds. The highest BCUT2D eigenvalue weighted by Gasteiger charge is 2.11. The van der Waals surface area contributed by atoms with Gasteiger partial charge in [0.25, 0.3) is 0 Å². The first kappa shape index (κ1) is 15.1. The lowest BCUT2D eigenvalue weighted by Crippen LogP contribution is -2.13. The number of rotatable bonds is 6. The minimum atomic E-state index is -0.0195. The van der Waals surface area contributed by atoms with E-state index < -0.39 is 0 Å². The third kappa shape index (κ3) is 3.84. The number of nitrogens with one attached hydrogen (secondary N) is 2. The number of nitrogens with zero attached hydrogens (tertiary/aromatic N) is 1. The van der Waals surface area contributed by atoms with Crippen molar-refractivity contribution in [2.24, 2.45) is 0 Å². The van der Waals surface area contributed by atoms with Gasteiger partial charge in [-0.05, 0) is 38.8 Å². The summed E-state index contributed by atoms with van der Waals surface area (Å²) in [6.07, 6.45) is 1.06. The number of benzene rings is 1. The number of aryl methyl sites for hydroxylation is 3. The minimum Gasteiger partial charge on any atom is -0.494 e. The third-order valence-corrected chi connectivity index (χ3v) is 3.29. The van der Waals surface area contributed by atoms with Crippen LogP contribution in [0.5, 0.6) is 5.75 Å². The van der Waals surface area contributed by atoms with E-state index in [2.05, 4.69) is 15.5 Å². The molecule has 5 nitrogen and oxygen atoms in total. The zero-order chi connectivity index (χ0) is 15.2. The van der Waals surface area contributed by atoms with Crippen molar-refractivity contribution in [2.75, 3.05) is 11.9 Å². The second-order valence-corrected chi connectivity index (χ2v) is 4.90. The summed E-state index contributed by atoms with van der Waals surface area (Å²) >= 11 is 0. The summed E-state index contributed by atoms with van der Waals surface area (Å²) in [5, 5.41) is 9.83. The summed E-state index contributed by atoms with van der Waals surface area (Å²) < 4.78 is 5.57. The summed E-state index contributed by atoms with van der Waals surface area (Å²) in [6.45, 7) is 6.33. The van der Waals surface area contributed by atoms with Crippen LogP contribution in [0, 0.1) is 13.8 Å². The lowest BCUT2D eigenvalue weighted by Gasteiger charge is -2.10. The van der Waals surface area contributed by atoms with E-state index >= 15 is 0 Å². The summed E-state index contributed by atoms with van der Waals surface area (Å²) in [7, 11) is 0. The second-order valence-electron chi connectivity index (χ2n) is 4.90. The fourth-order valence-corrected chi connectivity index (χ4v) is 2.19. The smallest absolute Gasteiger partial charge is 0.224 e. The summed E-state index contributed by atoms with van der Waals surface area (Å²) in [6, 6.07) is 7.82. The average Bonchev–Trinajstić information content (AvgIpc) is 2.78. The van der Waals surface area contributed by atoms with E-state index in [1.54, 1.807) is 0 Å². The maximum atomic E-state index is 12.1. The molecule has 1 aromatic heterocycles. The minimum absolute atomic E-state index is 0.0195. The van der Waals surface area contributed by atoms with Gasteiger partial charge in [0.15, 0.2) is 0 Å². The van der Waals surface area contributed by atoms with Crippen molar-refractivity contribution in [3.05, 3.63) is 41.2 Å². The van der Waals surface area contributed by atoms with Crippen molar-refractivity contribution in [1.82, 2.24) is 10.2 Å². The molecule has 0 saturated heterocycles. The molecule has 0 aliphatic rings. The van der Waals surface area contributed by atoms with E-state index in [1.807, 2.05) is 45.0 Å². The normalized spacial score (nSPS) is 10.4. The highest BCUT2D eigenvalue weighted by molar-refractivity contribution is 5.92. The van der Waals surface area contributed by atoms with Gasteiger partial charge in [0.05, 0.1) is 23.7 Å². The number of amides is 1. The van der Waals surface area contributed by atoms with Crippen molar-refractivity contribution >= 4 is 11.6 Å². The number of carbonyl (C=O) groups is 1.